The monoisotopic (exact) mass is 322 g/mol. The highest BCUT2D eigenvalue weighted by Crippen LogP contribution is 2.43. The van der Waals surface area contributed by atoms with Crippen LogP contribution in [0.25, 0.3) is 0 Å². The number of hydrogen-bond acceptors (Lipinski definition) is 5. The number of ether oxygens (including phenoxy) is 2. The van der Waals surface area contributed by atoms with E-state index in [1.165, 1.54) is 31.4 Å². The Morgan fingerprint density at radius 1 is 1.26 bits per heavy atom. The predicted octanol–water partition coefficient (Wildman–Crippen LogP) is 2.39. The molecule has 3 atom stereocenters. The number of Topliss-reactive ketones (excluding diaryl/α,β-unsaturated/α-hetero) is 1. The van der Waals surface area contributed by atoms with Crippen LogP contribution in [-0.2, 0) is 19.1 Å². The second-order valence-electron chi connectivity index (χ2n) is 6.21. The molecule has 124 valence electrons. The lowest BCUT2D eigenvalue weighted by Gasteiger charge is -2.30. The summed E-state index contributed by atoms with van der Waals surface area (Å²) in [4.78, 5) is 36.6. The van der Waals surface area contributed by atoms with Gasteiger partial charge in [-0.15, -0.1) is 0 Å². The molecule has 1 aromatic carbocycles. The maximum absolute atomic E-state index is 13.0. The van der Waals surface area contributed by atoms with Crippen LogP contribution in [0.4, 0.5) is 4.39 Å². The van der Waals surface area contributed by atoms with Gasteiger partial charge in [-0.25, -0.2) is 4.39 Å². The number of halogens is 1. The number of carbonyl (C=O) groups excluding carboxylic acids is 3. The summed E-state index contributed by atoms with van der Waals surface area (Å²) in [5.41, 5.74) is -0.664. The van der Waals surface area contributed by atoms with E-state index in [1.807, 2.05) is 0 Å². The molecule has 23 heavy (non-hydrogen) atoms. The van der Waals surface area contributed by atoms with Gasteiger partial charge in [-0.2, -0.15) is 0 Å². The third kappa shape index (κ3) is 3.11. The number of ketones is 1. The summed E-state index contributed by atoms with van der Waals surface area (Å²) in [6.45, 7) is 4.95. The van der Waals surface area contributed by atoms with E-state index in [0.717, 1.165) is 0 Å². The van der Waals surface area contributed by atoms with Gasteiger partial charge in [0.2, 0.25) is 0 Å². The molecule has 1 fully saturated rings. The molecule has 2 rings (SSSR count). The van der Waals surface area contributed by atoms with E-state index >= 15 is 0 Å². The fraction of sp³-hybridized carbons (Fsp3) is 0.471. The summed E-state index contributed by atoms with van der Waals surface area (Å²) in [6.07, 6.45) is 0. The second-order valence-corrected chi connectivity index (χ2v) is 6.21. The normalized spacial score (nSPS) is 24.0. The topological polar surface area (TPSA) is 69.7 Å². The van der Waals surface area contributed by atoms with E-state index in [9.17, 15) is 18.8 Å². The van der Waals surface area contributed by atoms with Gasteiger partial charge in [-0.3, -0.25) is 14.4 Å². The zero-order chi connectivity index (χ0) is 17.4. The van der Waals surface area contributed by atoms with Crippen LogP contribution in [0.3, 0.4) is 0 Å². The molecule has 0 aromatic heterocycles. The van der Waals surface area contributed by atoms with Crippen LogP contribution in [0.15, 0.2) is 24.3 Å². The van der Waals surface area contributed by atoms with Crippen LogP contribution in [0.5, 0.6) is 0 Å². The van der Waals surface area contributed by atoms with Crippen molar-refractivity contribution < 1.29 is 28.2 Å². The Kier molecular flexibility index (Phi) is 4.54. The lowest BCUT2D eigenvalue weighted by molar-refractivity contribution is -0.156. The van der Waals surface area contributed by atoms with Gasteiger partial charge in [0.25, 0.3) is 0 Å². The van der Waals surface area contributed by atoms with Crippen LogP contribution in [0.2, 0.25) is 0 Å². The van der Waals surface area contributed by atoms with Gasteiger partial charge < -0.3 is 9.47 Å². The molecular weight excluding hydrogens is 303 g/mol. The van der Waals surface area contributed by atoms with Crippen molar-refractivity contribution >= 4 is 17.7 Å². The summed E-state index contributed by atoms with van der Waals surface area (Å²) in [7, 11) is 1.18. The standard InChI is InChI=1S/C17H19FO5/c1-9(14(19)10-5-7-11(18)8-6-10)13-12(15(20)22-4)16(21)23-17(13,2)3/h5-9,12-13H,1-4H3/t9-,12-,13+/m1/s1. The molecule has 0 saturated carbocycles. The molecule has 0 bridgehead atoms. The highest BCUT2D eigenvalue weighted by atomic mass is 19.1. The summed E-state index contributed by atoms with van der Waals surface area (Å²) in [6, 6.07) is 5.15. The molecule has 6 heteroatoms. The zero-order valence-electron chi connectivity index (χ0n) is 13.5. The average Bonchev–Trinajstić information content (AvgIpc) is 2.74. The highest BCUT2D eigenvalue weighted by molar-refractivity contribution is 6.01. The molecule has 1 heterocycles. The van der Waals surface area contributed by atoms with E-state index < -0.39 is 41.1 Å². The van der Waals surface area contributed by atoms with Gasteiger partial charge in [-0.1, -0.05) is 6.92 Å². The quantitative estimate of drug-likeness (QED) is 0.483. The molecule has 1 aliphatic heterocycles. The number of hydrogen-bond donors (Lipinski definition) is 0. The molecule has 0 unspecified atom stereocenters. The molecule has 1 saturated heterocycles. The van der Waals surface area contributed by atoms with E-state index in [-0.39, 0.29) is 5.78 Å². The minimum atomic E-state index is -1.14. The van der Waals surface area contributed by atoms with Gasteiger partial charge in [-0.05, 0) is 38.1 Å². The number of esters is 2. The van der Waals surface area contributed by atoms with Crippen LogP contribution >= 0.6 is 0 Å². The van der Waals surface area contributed by atoms with Gasteiger partial charge >= 0.3 is 11.9 Å². The molecule has 0 N–H and O–H groups in total. The van der Waals surface area contributed by atoms with E-state index in [4.69, 9.17) is 4.74 Å². The van der Waals surface area contributed by atoms with Gasteiger partial charge in [0.1, 0.15) is 11.4 Å². The first-order valence-corrected chi connectivity index (χ1v) is 7.29. The minimum Gasteiger partial charge on any atom is -0.468 e. The number of carbonyl (C=O) groups is 3. The second kappa shape index (κ2) is 6.10. The van der Waals surface area contributed by atoms with E-state index in [1.54, 1.807) is 20.8 Å². The maximum atomic E-state index is 13.0. The van der Waals surface area contributed by atoms with Crippen molar-refractivity contribution in [2.75, 3.05) is 7.11 Å². The predicted molar refractivity (Wildman–Crippen MR) is 79.1 cm³/mol. The smallest absolute Gasteiger partial charge is 0.321 e. The van der Waals surface area contributed by atoms with Crippen molar-refractivity contribution in [1.29, 1.82) is 0 Å². The van der Waals surface area contributed by atoms with Crippen LogP contribution in [0.1, 0.15) is 31.1 Å². The molecule has 0 radical (unpaired) electrons. The summed E-state index contributed by atoms with van der Waals surface area (Å²) >= 11 is 0. The Hall–Kier alpha value is -2.24. The lowest BCUT2D eigenvalue weighted by Crippen LogP contribution is -2.41. The van der Waals surface area contributed by atoms with Gasteiger partial charge in [0, 0.05) is 17.4 Å². The fourth-order valence-electron chi connectivity index (χ4n) is 3.24. The number of methoxy groups -OCH3 is 1. The third-order valence-electron chi connectivity index (χ3n) is 4.32. The SMILES string of the molecule is COC(=O)[C@@H]1C(=O)OC(C)(C)[C@H]1[C@@H](C)C(=O)c1ccc(F)cc1. The Morgan fingerprint density at radius 2 is 1.83 bits per heavy atom. The molecular formula is C17H19FO5. The van der Waals surface area contributed by atoms with Crippen molar-refractivity contribution in [3.8, 4) is 0 Å². The molecule has 5 nitrogen and oxygen atoms in total. The Morgan fingerprint density at radius 3 is 2.35 bits per heavy atom. The summed E-state index contributed by atoms with van der Waals surface area (Å²) in [5.74, 6) is -4.62. The maximum Gasteiger partial charge on any atom is 0.321 e. The van der Waals surface area contributed by atoms with Crippen LogP contribution < -0.4 is 0 Å². The average molecular weight is 322 g/mol. The Bertz CT molecular complexity index is 635. The van der Waals surface area contributed by atoms with Gasteiger partial charge in [0.05, 0.1) is 7.11 Å². The van der Waals surface area contributed by atoms with Crippen LogP contribution in [0, 0.1) is 23.6 Å². The van der Waals surface area contributed by atoms with E-state index in [2.05, 4.69) is 4.74 Å². The number of benzene rings is 1. The number of cyclic esters (lactones) is 1. The van der Waals surface area contributed by atoms with E-state index in [0.29, 0.717) is 5.56 Å². The Labute approximate surface area is 133 Å². The molecule has 1 aliphatic rings. The first kappa shape index (κ1) is 17.1. The van der Waals surface area contributed by atoms with Crippen molar-refractivity contribution in [3.05, 3.63) is 35.6 Å². The highest BCUT2D eigenvalue weighted by Gasteiger charge is 2.57. The van der Waals surface area contributed by atoms with Crippen molar-refractivity contribution in [1.82, 2.24) is 0 Å². The first-order valence-electron chi connectivity index (χ1n) is 7.29. The fourth-order valence-corrected chi connectivity index (χ4v) is 3.24. The molecule has 0 amide bonds. The largest absolute Gasteiger partial charge is 0.468 e. The third-order valence-corrected chi connectivity index (χ3v) is 4.32. The Balaban J connectivity index is 2.35. The van der Waals surface area contributed by atoms with Crippen molar-refractivity contribution in [2.24, 2.45) is 17.8 Å². The van der Waals surface area contributed by atoms with Crippen molar-refractivity contribution in [3.63, 3.8) is 0 Å². The lowest BCUT2D eigenvalue weighted by atomic mass is 9.72. The molecule has 1 aromatic rings. The summed E-state index contributed by atoms with van der Waals surface area (Å²) in [5, 5.41) is 0. The molecule has 0 spiro atoms. The zero-order valence-corrected chi connectivity index (χ0v) is 13.5. The van der Waals surface area contributed by atoms with Crippen molar-refractivity contribution in [2.45, 2.75) is 26.4 Å². The number of rotatable bonds is 4. The molecule has 0 aliphatic carbocycles. The minimum absolute atomic E-state index is 0.282. The van der Waals surface area contributed by atoms with Gasteiger partial charge in [0.15, 0.2) is 11.7 Å². The first-order chi connectivity index (χ1) is 10.7. The summed E-state index contributed by atoms with van der Waals surface area (Å²) < 4.78 is 23.0. The van der Waals surface area contributed by atoms with Crippen LogP contribution in [-0.4, -0.2) is 30.4 Å².